The first kappa shape index (κ1) is 15.4. The number of nitrogens with zero attached hydrogens (tertiary/aromatic N) is 2. The number of benzene rings is 1. The Bertz CT molecular complexity index is 549. The van der Waals surface area contributed by atoms with Crippen LogP contribution in [0.3, 0.4) is 0 Å². The Morgan fingerprint density at radius 2 is 1.90 bits per heavy atom. The fourth-order valence-corrected chi connectivity index (χ4v) is 2.83. The summed E-state index contributed by atoms with van der Waals surface area (Å²) >= 11 is 0. The minimum Gasteiger partial charge on any atom is -0.481 e. The first-order chi connectivity index (χ1) is 10.1. The van der Waals surface area contributed by atoms with Crippen LogP contribution in [0, 0.1) is 5.92 Å². The molecule has 0 aliphatic carbocycles. The van der Waals surface area contributed by atoms with Crippen molar-refractivity contribution in [2.75, 3.05) is 0 Å². The van der Waals surface area contributed by atoms with Gasteiger partial charge in [-0.15, -0.1) is 0 Å². The van der Waals surface area contributed by atoms with E-state index in [9.17, 15) is 9.90 Å². The van der Waals surface area contributed by atoms with Gasteiger partial charge in [0.05, 0.1) is 5.71 Å². The second-order valence-electron chi connectivity index (χ2n) is 5.49. The summed E-state index contributed by atoms with van der Waals surface area (Å²) in [6.45, 7) is 3.90. The van der Waals surface area contributed by atoms with Crippen molar-refractivity contribution in [2.45, 2.75) is 45.4 Å². The standard InChI is InChI=1S/C17H22N2O2/c1-3-4-6-11-14-16(13-9-7-5-8-10-13)15(17(20)21)12(2)18-19-14/h5,7-10,15-16H,3-4,6,11H2,1-2H3,(H,20,21). The van der Waals surface area contributed by atoms with E-state index in [1.54, 1.807) is 6.92 Å². The normalized spacial score (nSPS) is 21.6. The average molecular weight is 286 g/mol. The van der Waals surface area contributed by atoms with E-state index in [1.165, 1.54) is 0 Å². The van der Waals surface area contributed by atoms with Gasteiger partial charge >= 0.3 is 5.97 Å². The summed E-state index contributed by atoms with van der Waals surface area (Å²) < 4.78 is 0. The Hall–Kier alpha value is -1.97. The van der Waals surface area contributed by atoms with Crippen LogP contribution >= 0.6 is 0 Å². The maximum absolute atomic E-state index is 11.7. The van der Waals surface area contributed by atoms with Gasteiger partial charge < -0.3 is 5.11 Å². The number of carbonyl (C=O) groups is 1. The maximum atomic E-state index is 11.7. The molecule has 0 saturated carbocycles. The minimum absolute atomic E-state index is 0.196. The lowest BCUT2D eigenvalue weighted by Crippen LogP contribution is -2.35. The molecule has 0 spiro atoms. The molecule has 2 atom stereocenters. The highest BCUT2D eigenvalue weighted by Crippen LogP contribution is 2.33. The van der Waals surface area contributed by atoms with Gasteiger partial charge in [0.2, 0.25) is 0 Å². The minimum atomic E-state index is -0.826. The topological polar surface area (TPSA) is 62.0 Å². The van der Waals surface area contributed by atoms with Crippen LogP contribution in [-0.4, -0.2) is 22.5 Å². The Kier molecular flexibility index (Phi) is 5.26. The van der Waals surface area contributed by atoms with Crippen molar-refractivity contribution in [3.63, 3.8) is 0 Å². The van der Waals surface area contributed by atoms with Crippen molar-refractivity contribution < 1.29 is 9.90 Å². The molecule has 112 valence electrons. The molecule has 2 unspecified atom stereocenters. The van der Waals surface area contributed by atoms with Crippen LogP contribution in [0.5, 0.6) is 0 Å². The number of carboxylic acid groups (broad SMARTS) is 1. The summed E-state index contributed by atoms with van der Waals surface area (Å²) in [5.74, 6) is -1.63. The van der Waals surface area contributed by atoms with Crippen molar-refractivity contribution >= 4 is 17.4 Å². The molecule has 0 saturated heterocycles. The van der Waals surface area contributed by atoms with Gasteiger partial charge in [-0.05, 0) is 25.3 Å². The van der Waals surface area contributed by atoms with Gasteiger partial charge in [0.15, 0.2) is 0 Å². The number of unbranched alkanes of at least 4 members (excludes halogenated alkanes) is 2. The first-order valence-corrected chi connectivity index (χ1v) is 7.53. The van der Waals surface area contributed by atoms with Crippen LogP contribution in [0.4, 0.5) is 0 Å². The molecule has 1 N–H and O–H groups in total. The second-order valence-corrected chi connectivity index (χ2v) is 5.49. The average Bonchev–Trinajstić information content (AvgIpc) is 2.49. The monoisotopic (exact) mass is 286 g/mol. The predicted octanol–water partition coefficient (Wildman–Crippen LogP) is 3.88. The van der Waals surface area contributed by atoms with E-state index in [0.717, 1.165) is 37.0 Å². The van der Waals surface area contributed by atoms with Crippen molar-refractivity contribution in [2.24, 2.45) is 16.1 Å². The van der Waals surface area contributed by atoms with Gasteiger partial charge in [-0.1, -0.05) is 50.1 Å². The fraction of sp³-hybridized carbons (Fsp3) is 0.471. The van der Waals surface area contributed by atoms with Gasteiger partial charge in [0, 0.05) is 11.6 Å². The van der Waals surface area contributed by atoms with Crippen molar-refractivity contribution in [3.05, 3.63) is 35.9 Å². The number of rotatable bonds is 6. The third-order valence-electron chi connectivity index (χ3n) is 3.94. The SMILES string of the molecule is CCCCCC1=NN=C(C)C(C(=O)O)C1c1ccccc1. The number of hydrogen-bond acceptors (Lipinski definition) is 3. The second kappa shape index (κ2) is 7.16. The van der Waals surface area contributed by atoms with Gasteiger partial charge in [-0.25, -0.2) is 0 Å². The van der Waals surface area contributed by atoms with Crippen LogP contribution in [0.1, 0.15) is 51.0 Å². The van der Waals surface area contributed by atoms with E-state index < -0.39 is 11.9 Å². The summed E-state index contributed by atoms with van der Waals surface area (Å²) in [6.07, 6.45) is 4.10. The Morgan fingerprint density at radius 1 is 1.19 bits per heavy atom. The lowest BCUT2D eigenvalue weighted by molar-refractivity contribution is -0.139. The molecule has 0 aromatic heterocycles. The Balaban J connectivity index is 2.34. The predicted molar refractivity (Wildman–Crippen MR) is 85.0 cm³/mol. The first-order valence-electron chi connectivity index (χ1n) is 7.53. The van der Waals surface area contributed by atoms with E-state index in [0.29, 0.717) is 5.71 Å². The van der Waals surface area contributed by atoms with E-state index in [1.807, 2.05) is 30.3 Å². The molecular formula is C17H22N2O2. The van der Waals surface area contributed by atoms with Crippen molar-refractivity contribution in [1.82, 2.24) is 0 Å². The molecule has 0 amide bonds. The fourth-order valence-electron chi connectivity index (χ4n) is 2.83. The van der Waals surface area contributed by atoms with Crippen LogP contribution in [0.2, 0.25) is 0 Å². The molecule has 2 rings (SSSR count). The van der Waals surface area contributed by atoms with Gasteiger partial charge in [0.1, 0.15) is 5.92 Å². The number of carboxylic acids is 1. The zero-order valence-corrected chi connectivity index (χ0v) is 12.6. The van der Waals surface area contributed by atoms with Gasteiger partial charge in [0.25, 0.3) is 0 Å². The molecule has 21 heavy (non-hydrogen) atoms. The molecule has 1 aliphatic heterocycles. The van der Waals surface area contributed by atoms with Crippen molar-refractivity contribution in [1.29, 1.82) is 0 Å². The van der Waals surface area contributed by atoms with E-state index >= 15 is 0 Å². The molecule has 1 aliphatic rings. The van der Waals surface area contributed by atoms with Crippen LogP contribution in [-0.2, 0) is 4.79 Å². The Labute approximate surface area is 125 Å². The van der Waals surface area contributed by atoms with Gasteiger partial charge in [-0.3, -0.25) is 4.79 Å². The molecule has 0 bridgehead atoms. The summed E-state index contributed by atoms with van der Waals surface area (Å²) in [6, 6.07) is 9.79. The molecule has 1 aromatic carbocycles. The Morgan fingerprint density at radius 3 is 2.52 bits per heavy atom. The maximum Gasteiger partial charge on any atom is 0.313 e. The molecule has 4 nitrogen and oxygen atoms in total. The third-order valence-corrected chi connectivity index (χ3v) is 3.94. The van der Waals surface area contributed by atoms with E-state index in [4.69, 9.17) is 0 Å². The molecule has 1 aromatic rings. The molecule has 4 heteroatoms. The highest BCUT2D eigenvalue weighted by Gasteiger charge is 2.37. The third kappa shape index (κ3) is 3.57. The number of aliphatic carboxylic acids is 1. The smallest absolute Gasteiger partial charge is 0.313 e. The largest absolute Gasteiger partial charge is 0.481 e. The summed E-state index contributed by atoms with van der Waals surface area (Å²) in [5, 5.41) is 18.0. The summed E-state index contributed by atoms with van der Waals surface area (Å²) in [5.41, 5.74) is 2.48. The molecular weight excluding hydrogens is 264 g/mol. The van der Waals surface area contributed by atoms with Crippen LogP contribution in [0.15, 0.2) is 40.5 Å². The lowest BCUT2D eigenvalue weighted by atomic mass is 9.78. The van der Waals surface area contributed by atoms with Crippen LogP contribution < -0.4 is 0 Å². The quantitative estimate of drug-likeness (QED) is 0.807. The van der Waals surface area contributed by atoms with Crippen molar-refractivity contribution in [3.8, 4) is 0 Å². The molecule has 0 fully saturated rings. The highest BCUT2D eigenvalue weighted by molar-refractivity contribution is 6.09. The highest BCUT2D eigenvalue weighted by atomic mass is 16.4. The van der Waals surface area contributed by atoms with Crippen LogP contribution in [0.25, 0.3) is 0 Å². The zero-order chi connectivity index (χ0) is 15.2. The molecule has 1 heterocycles. The van der Waals surface area contributed by atoms with E-state index in [-0.39, 0.29) is 5.92 Å². The lowest BCUT2D eigenvalue weighted by Gasteiger charge is -2.28. The van der Waals surface area contributed by atoms with E-state index in [2.05, 4.69) is 17.1 Å². The van der Waals surface area contributed by atoms with Gasteiger partial charge in [-0.2, -0.15) is 10.2 Å². The molecule has 0 radical (unpaired) electrons. The summed E-state index contributed by atoms with van der Waals surface area (Å²) in [7, 11) is 0. The summed E-state index contributed by atoms with van der Waals surface area (Å²) in [4.78, 5) is 11.7. The zero-order valence-electron chi connectivity index (χ0n) is 12.6. The number of hydrogen-bond donors (Lipinski definition) is 1.